The van der Waals surface area contributed by atoms with E-state index in [1.807, 2.05) is 0 Å². The van der Waals surface area contributed by atoms with Crippen LogP contribution in [0.25, 0.3) is 0 Å². The molecule has 0 unspecified atom stereocenters. The zero-order valence-electron chi connectivity index (χ0n) is 3.72. The van der Waals surface area contributed by atoms with Gasteiger partial charge in [0, 0.05) is 11.8 Å². The maximum atomic E-state index is 9.82. The molecule has 0 rings (SSSR count). The monoisotopic (exact) mass is 124 g/mol. The first kappa shape index (κ1) is 6.52. The van der Waals surface area contributed by atoms with Crippen molar-refractivity contribution in [2.24, 2.45) is 5.73 Å². The number of rotatable bonds is 1. The molecule has 0 aliphatic heterocycles. The second kappa shape index (κ2) is 2.65. The van der Waals surface area contributed by atoms with Gasteiger partial charge < -0.3 is 5.73 Å². The molecule has 0 aliphatic rings. The number of hydroxylamine groups is 1. The molecule has 0 aromatic carbocycles. The summed E-state index contributed by atoms with van der Waals surface area (Å²) >= 11 is 4.94. The molecule has 7 heavy (non-hydrogen) atoms. The third kappa shape index (κ3) is 2.24. The van der Waals surface area contributed by atoms with Crippen molar-refractivity contribution in [3.05, 3.63) is 0 Å². The topological polar surface area (TPSA) is 55.6 Å². The summed E-state index contributed by atoms with van der Waals surface area (Å²) < 4.78 is 0.403. The number of carbonyl (C=O) groups is 1. The Labute approximate surface area is 45.8 Å². The van der Waals surface area contributed by atoms with Gasteiger partial charge in [-0.15, -0.1) is 4.58 Å². The minimum absolute atomic E-state index is 0.403. The highest BCUT2D eigenvalue weighted by molar-refractivity contribution is 6.19. The van der Waals surface area contributed by atoms with Crippen LogP contribution in [0.4, 0.5) is 4.79 Å². The summed E-state index contributed by atoms with van der Waals surface area (Å²) in [4.78, 5) is 14.0. The van der Waals surface area contributed by atoms with E-state index < -0.39 is 6.03 Å². The standard InChI is InChI=1S/C2H5ClN2O2/c1-7-5(3)2(4)6/h1H3,(H2,4,6). The highest BCUT2D eigenvalue weighted by Crippen LogP contribution is 1.89. The average Bonchev–Trinajstić information content (AvgIpc) is 1.65. The molecule has 0 aromatic heterocycles. The third-order valence-electron chi connectivity index (χ3n) is 0.334. The van der Waals surface area contributed by atoms with Crippen LogP contribution in [0.15, 0.2) is 0 Å². The Hall–Kier alpha value is -0.480. The fourth-order valence-corrected chi connectivity index (χ4v) is 0.0900. The Kier molecular flexibility index (Phi) is 2.47. The minimum atomic E-state index is -0.829. The Balaban J connectivity index is 3.34. The lowest BCUT2D eigenvalue weighted by Gasteiger charge is -2.03. The molecule has 42 valence electrons. The maximum Gasteiger partial charge on any atom is 0.354 e. The van der Waals surface area contributed by atoms with Gasteiger partial charge in [-0.25, -0.2) is 4.79 Å². The van der Waals surface area contributed by atoms with E-state index in [4.69, 9.17) is 11.8 Å². The first-order chi connectivity index (χ1) is 3.18. The molecule has 0 spiro atoms. The maximum absolute atomic E-state index is 9.82. The van der Waals surface area contributed by atoms with Gasteiger partial charge in [-0.3, -0.25) is 4.84 Å². The van der Waals surface area contributed by atoms with Crippen LogP contribution in [0.2, 0.25) is 0 Å². The van der Waals surface area contributed by atoms with E-state index in [1.165, 1.54) is 7.11 Å². The molecule has 2 amide bonds. The highest BCUT2D eigenvalue weighted by Gasteiger charge is 2.00. The van der Waals surface area contributed by atoms with Crippen molar-refractivity contribution in [1.82, 2.24) is 4.58 Å². The number of nitrogens with zero attached hydrogens (tertiary/aromatic N) is 1. The number of nitrogens with two attached hydrogens (primary N) is 1. The lowest BCUT2D eigenvalue weighted by molar-refractivity contribution is -0.00564. The molecule has 0 aromatic rings. The number of hydrogen-bond donors (Lipinski definition) is 1. The van der Waals surface area contributed by atoms with Gasteiger partial charge in [-0.05, 0) is 0 Å². The molecule has 0 saturated carbocycles. The summed E-state index contributed by atoms with van der Waals surface area (Å²) in [5.41, 5.74) is 4.58. The Morgan fingerprint density at radius 2 is 2.43 bits per heavy atom. The van der Waals surface area contributed by atoms with Gasteiger partial charge in [0.2, 0.25) is 0 Å². The smallest absolute Gasteiger partial charge is 0.349 e. The molecule has 0 bridgehead atoms. The molecule has 0 heterocycles. The van der Waals surface area contributed by atoms with E-state index >= 15 is 0 Å². The first-order valence-corrected chi connectivity index (χ1v) is 1.81. The summed E-state index contributed by atoms with van der Waals surface area (Å²) in [6, 6.07) is -0.829. The summed E-state index contributed by atoms with van der Waals surface area (Å²) in [5.74, 6) is 0. The fourth-order valence-electron chi connectivity index (χ4n) is 0.0900. The number of primary amides is 1. The van der Waals surface area contributed by atoms with E-state index in [2.05, 4.69) is 10.6 Å². The van der Waals surface area contributed by atoms with Gasteiger partial charge in [-0.1, -0.05) is 0 Å². The fraction of sp³-hybridized carbons (Fsp3) is 0.500. The van der Waals surface area contributed by atoms with Crippen LogP contribution < -0.4 is 5.73 Å². The van der Waals surface area contributed by atoms with Crippen LogP contribution in [0.1, 0.15) is 0 Å². The quantitative estimate of drug-likeness (QED) is 0.398. The zero-order chi connectivity index (χ0) is 5.86. The molecular weight excluding hydrogens is 119 g/mol. The number of hydrogen-bond acceptors (Lipinski definition) is 2. The minimum Gasteiger partial charge on any atom is -0.349 e. The van der Waals surface area contributed by atoms with Crippen LogP contribution in [-0.2, 0) is 4.84 Å². The zero-order valence-corrected chi connectivity index (χ0v) is 4.47. The van der Waals surface area contributed by atoms with Crippen molar-refractivity contribution < 1.29 is 9.63 Å². The second-order valence-corrected chi connectivity index (χ2v) is 1.07. The van der Waals surface area contributed by atoms with Crippen molar-refractivity contribution in [2.45, 2.75) is 0 Å². The van der Waals surface area contributed by atoms with Gasteiger partial charge in [0.1, 0.15) is 0 Å². The number of amides is 2. The molecule has 2 N–H and O–H groups in total. The molecule has 0 radical (unpaired) electrons. The van der Waals surface area contributed by atoms with Gasteiger partial charge in [0.05, 0.1) is 7.11 Å². The predicted molar refractivity (Wildman–Crippen MR) is 24.3 cm³/mol. The van der Waals surface area contributed by atoms with Gasteiger partial charge in [0.15, 0.2) is 0 Å². The van der Waals surface area contributed by atoms with Gasteiger partial charge >= 0.3 is 6.03 Å². The van der Waals surface area contributed by atoms with Crippen molar-refractivity contribution in [2.75, 3.05) is 7.11 Å². The van der Waals surface area contributed by atoms with Crippen molar-refractivity contribution >= 4 is 17.8 Å². The largest absolute Gasteiger partial charge is 0.354 e. The lowest BCUT2D eigenvalue weighted by atomic mass is 11.2. The van der Waals surface area contributed by atoms with E-state index in [0.717, 1.165) is 0 Å². The van der Waals surface area contributed by atoms with Crippen molar-refractivity contribution in [3.8, 4) is 0 Å². The number of urea groups is 1. The normalized spacial score (nSPS) is 8.29. The summed E-state index contributed by atoms with van der Waals surface area (Å²) in [6.07, 6.45) is 0. The van der Waals surface area contributed by atoms with Gasteiger partial charge in [-0.2, -0.15) is 0 Å². The van der Waals surface area contributed by atoms with Crippen molar-refractivity contribution in [3.63, 3.8) is 0 Å². The Morgan fingerprint density at radius 1 is 2.00 bits per heavy atom. The van der Waals surface area contributed by atoms with Gasteiger partial charge in [0.25, 0.3) is 0 Å². The molecule has 0 atom stereocenters. The molecule has 0 fully saturated rings. The van der Waals surface area contributed by atoms with E-state index in [-0.39, 0.29) is 0 Å². The predicted octanol–water partition coefficient (Wildman–Crippen LogP) is 0.0823. The lowest BCUT2D eigenvalue weighted by Crippen LogP contribution is -2.26. The van der Waals surface area contributed by atoms with E-state index in [9.17, 15) is 4.79 Å². The highest BCUT2D eigenvalue weighted by atomic mass is 35.5. The van der Waals surface area contributed by atoms with Crippen LogP contribution in [0.5, 0.6) is 0 Å². The van der Waals surface area contributed by atoms with Crippen LogP contribution in [0.3, 0.4) is 0 Å². The molecule has 0 aliphatic carbocycles. The van der Waals surface area contributed by atoms with Crippen LogP contribution >= 0.6 is 11.8 Å². The second-order valence-electron chi connectivity index (χ2n) is 0.766. The summed E-state index contributed by atoms with van der Waals surface area (Å²) in [6.45, 7) is 0. The molecule has 5 heteroatoms. The SMILES string of the molecule is CON(Cl)C(N)=O. The average molecular weight is 125 g/mol. The van der Waals surface area contributed by atoms with E-state index in [0.29, 0.717) is 4.58 Å². The molecule has 0 saturated heterocycles. The molecule has 4 nitrogen and oxygen atoms in total. The van der Waals surface area contributed by atoms with Crippen molar-refractivity contribution in [1.29, 1.82) is 0 Å². The number of halogens is 1. The van der Waals surface area contributed by atoms with E-state index in [1.54, 1.807) is 0 Å². The van der Waals surface area contributed by atoms with Crippen LogP contribution in [-0.4, -0.2) is 17.7 Å². The number of carbonyl (C=O) groups excluding carboxylic acids is 1. The Bertz CT molecular complexity index is 76.1. The summed E-state index contributed by atoms with van der Waals surface area (Å²) in [7, 11) is 1.23. The summed E-state index contributed by atoms with van der Waals surface area (Å²) in [5, 5.41) is 0. The first-order valence-electron chi connectivity index (χ1n) is 1.48. The Morgan fingerprint density at radius 3 is 2.43 bits per heavy atom. The third-order valence-corrected chi connectivity index (χ3v) is 0.638. The molecular formula is C2H5ClN2O2. The van der Waals surface area contributed by atoms with Crippen LogP contribution in [0, 0.1) is 0 Å².